The topological polar surface area (TPSA) is 54.3 Å². The number of amides is 1. The third-order valence-electron chi connectivity index (χ3n) is 5.48. The van der Waals surface area contributed by atoms with E-state index in [2.05, 4.69) is 16.3 Å². The summed E-state index contributed by atoms with van der Waals surface area (Å²) in [6.45, 7) is 4.39. The number of likely N-dealkylation sites (tertiary alicyclic amines) is 1. The number of thioether (sulfide) groups is 1. The summed E-state index contributed by atoms with van der Waals surface area (Å²) in [7, 11) is 0. The Bertz CT molecular complexity index is 972. The Kier molecular flexibility index (Phi) is 5.55. The van der Waals surface area contributed by atoms with Crippen molar-refractivity contribution in [2.75, 3.05) is 24.2 Å². The van der Waals surface area contributed by atoms with E-state index < -0.39 is 0 Å². The molecule has 4 rings (SSSR count). The predicted molar refractivity (Wildman–Crippen MR) is 118 cm³/mol. The fourth-order valence-electron chi connectivity index (χ4n) is 4.16. The molecule has 1 amide bonds. The number of aryl methyl sites for hydroxylation is 1. The predicted octanol–water partition coefficient (Wildman–Crippen LogP) is 3.23. The molecule has 0 saturated carbocycles. The molecule has 0 spiro atoms. The monoisotopic (exact) mass is 413 g/mol. The maximum atomic E-state index is 12.3. The van der Waals surface area contributed by atoms with Gasteiger partial charge < -0.3 is 14.8 Å². The Balaban J connectivity index is 1.36. The van der Waals surface area contributed by atoms with E-state index in [4.69, 9.17) is 12.2 Å². The first-order chi connectivity index (χ1) is 13.5. The van der Waals surface area contributed by atoms with Gasteiger partial charge in [-0.25, -0.2) is 0 Å². The summed E-state index contributed by atoms with van der Waals surface area (Å²) in [5, 5.41) is 2.95. The number of hydrogen-bond acceptors (Lipinski definition) is 4. The number of aromatic nitrogens is 1. The molecule has 1 aromatic heterocycles. The van der Waals surface area contributed by atoms with Crippen LogP contribution in [0.4, 0.5) is 5.69 Å². The summed E-state index contributed by atoms with van der Waals surface area (Å²) in [5.74, 6) is 0.997. The summed E-state index contributed by atoms with van der Waals surface area (Å²) in [6, 6.07) is 13.3. The van der Waals surface area contributed by atoms with Crippen molar-refractivity contribution >= 4 is 39.9 Å². The normalized spacial score (nSPS) is 20.4. The van der Waals surface area contributed by atoms with Crippen LogP contribution in [-0.2, 0) is 11.3 Å². The number of rotatable bonds is 3. The maximum Gasteiger partial charge on any atom is 0.250 e. The van der Waals surface area contributed by atoms with Crippen molar-refractivity contribution in [1.82, 2.24) is 9.47 Å². The lowest BCUT2D eigenvalue weighted by Gasteiger charge is -2.43. The van der Waals surface area contributed by atoms with Crippen molar-refractivity contribution in [3.05, 3.63) is 64.1 Å². The fourth-order valence-corrected chi connectivity index (χ4v) is 5.15. The minimum Gasteiger partial charge on any atom is -0.356 e. The lowest BCUT2D eigenvalue weighted by Crippen LogP contribution is -2.48. The smallest absolute Gasteiger partial charge is 0.250 e. The molecule has 28 heavy (non-hydrogen) atoms. The van der Waals surface area contributed by atoms with Crippen molar-refractivity contribution in [1.29, 1.82) is 0 Å². The summed E-state index contributed by atoms with van der Waals surface area (Å²) >= 11 is 7.04. The van der Waals surface area contributed by atoms with Gasteiger partial charge in [0.2, 0.25) is 5.91 Å². The second kappa shape index (κ2) is 8.09. The largest absolute Gasteiger partial charge is 0.356 e. The van der Waals surface area contributed by atoms with E-state index in [0.29, 0.717) is 17.6 Å². The third-order valence-corrected chi connectivity index (χ3v) is 7.01. The van der Waals surface area contributed by atoms with E-state index >= 15 is 0 Å². The van der Waals surface area contributed by atoms with E-state index in [9.17, 15) is 9.59 Å². The number of nitrogens with zero attached hydrogens (tertiary/aromatic N) is 2. The number of nitrogens with one attached hydrogen (secondary N) is 1. The van der Waals surface area contributed by atoms with Gasteiger partial charge in [-0.15, -0.1) is 0 Å². The molecule has 0 radical (unpaired) electrons. The molecular weight excluding hydrogens is 390 g/mol. The van der Waals surface area contributed by atoms with E-state index in [1.165, 1.54) is 11.8 Å². The van der Waals surface area contributed by atoms with Gasteiger partial charge >= 0.3 is 0 Å². The number of piperidine rings is 1. The zero-order valence-corrected chi connectivity index (χ0v) is 17.4. The molecule has 1 aromatic carbocycles. The molecule has 3 heterocycles. The molecule has 2 aliphatic heterocycles. The van der Waals surface area contributed by atoms with Crippen LogP contribution in [0.2, 0.25) is 0 Å². The first-order valence-corrected chi connectivity index (χ1v) is 10.9. The van der Waals surface area contributed by atoms with E-state index in [0.717, 1.165) is 47.3 Å². The number of hydrogen-bond donors (Lipinski definition) is 1. The summed E-state index contributed by atoms with van der Waals surface area (Å²) < 4.78 is 2.68. The number of benzene rings is 1. The van der Waals surface area contributed by atoms with Crippen LogP contribution in [-0.4, -0.2) is 38.5 Å². The fraction of sp³-hybridized carbons (Fsp3) is 0.381. The zero-order valence-electron chi connectivity index (χ0n) is 15.8. The Labute approximate surface area is 174 Å². The van der Waals surface area contributed by atoms with E-state index in [-0.39, 0.29) is 11.5 Å². The second-order valence-corrected chi connectivity index (χ2v) is 9.13. The highest BCUT2D eigenvalue weighted by Gasteiger charge is 2.35. The summed E-state index contributed by atoms with van der Waals surface area (Å²) in [6.07, 6.45) is 1.10. The number of carbonyl (C=O) groups is 1. The number of pyridine rings is 1. The average Bonchev–Trinajstić information content (AvgIpc) is 2.68. The molecule has 2 aliphatic rings. The molecule has 7 heteroatoms. The van der Waals surface area contributed by atoms with Gasteiger partial charge in [-0.05, 0) is 37.0 Å². The number of anilines is 1. The molecule has 2 aromatic rings. The number of fused-ring (bicyclic) bond motifs is 4. The highest BCUT2D eigenvalue weighted by Crippen LogP contribution is 2.36. The number of thiocarbonyl (C=S) groups is 1. The highest BCUT2D eigenvalue weighted by atomic mass is 32.2. The zero-order chi connectivity index (χ0) is 19.7. The average molecular weight is 414 g/mol. The number of para-hydroxylation sites is 1. The molecule has 1 fully saturated rings. The van der Waals surface area contributed by atoms with Crippen molar-refractivity contribution in [2.24, 2.45) is 5.92 Å². The van der Waals surface area contributed by atoms with Crippen LogP contribution in [0.5, 0.6) is 0 Å². The quantitative estimate of drug-likeness (QED) is 0.783. The van der Waals surface area contributed by atoms with Gasteiger partial charge in [0.1, 0.15) is 4.32 Å². The molecule has 1 saturated heterocycles. The van der Waals surface area contributed by atoms with Gasteiger partial charge in [0, 0.05) is 43.0 Å². The van der Waals surface area contributed by atoms with E-state index in [1.807, 2.05) is 41.8 Å². The lowest BCUT2D eigenvalue weighted by molar-refractivity contribution is -0.113. The van der Waals surface area contributed by atoms with Crippen LogP contribution < -0.4 is 10.9 Å². The third kappa shape index (κ3) is 4.00. The minimum atomic E-state index is -0.0456. The minimum absolute atomic E-state index is 0.0456. The highest BCUT2D eigenvalue weighted by molar-refractivity contribution is 8.23. The van der Waals surface area contributed by atoms with Gasteiger partial charge in [0.05, 0.1) is 5.75 Å². The Hall–Kier alpha value is -2.12. The van der Waals surface area contributed by atoms with Crippen LogP contribution in [0.3, 0.4) is 0 Å². The first-order valence-electron chi connectivity index (χ1n) is 9.48. The van der Waals surface area contributed by atoms with Crippen LogP contribution in [0.15, 0.2) is 47.3 Å². The molecular formula is C21H23N3O2S2. The molecule has 146 valence electrons. The second-order valence-electron chi connectivity index (χ2n) is 7.52. The first kappa shape index (κ1) is 19.2. The van der Waals surface area contributed by atoms with Gasteiger partial charge in [0.15, 0.2) is 0 Å². The van der Waals surface area contributed by atoms with Gasteiger partial charge in [-0.1, -0.05) is 48.2 Å². The molecule has 0 aliphatic carbocycles. The van der Waals surface area contributed by atoms with Crippen LogP contribution in [0.1, 0.15) is 23.6 Å². The van der Waals surface area contributed by atoms with E-state index in [1.54, 1.807) is 6.07 Å². The molecule has 2 bridgehead atoms. The van der Waals surface area contributed by atoms with Crippen LogP contribution in [0.25, 0.3) is 0 Å². The van der Waals surface area contributed by atoms with Crippen LogP contribution >= 0.6 is 24.0 Å². The summed E-state index contributed by atoms with van der Waals surface area (Å²) in [4.78, 5) is 26.6. The Morgan fingerprint density at radius 2 is 2.00 bits per heavy atom. The summed E-state index contributed by atoms with van der Waals surface area (Å²) in [5.41, 5.74) is 3.08. The standard InChI is InChI=1S/C21H23N3O2S2/c1-14-5-2-3-6-17(14)22-19(25)13-28-21(27)23-10-15-9-16(12-23)18-7-4-8-20(26)24(18)11-15/h2-8,15-16H,9-13H2,1H3,(H,22,25). The van der Waals surface area contributed by atoms with Crippen molar-refractivity contribution < 1.29 is 4.79 Å². The van der Waals surface area contributed by atoms with Gasteiger partial charge in [0.25, 0.3) is 5.56 Å². The molecule has 1 N–H and O–H groups in total. The van der Waals surface area contributed by atoms with Crippen LogP contribution in [0, 0.1) is 12.8 Å². The molecule has 2 atom stereocenters. The lowest BCUT2D eigenvalue weighted by atomic mass is 9.83. The maximum absolute atomic E-state index is 12.3. The Morgan fingerprint density at radius 1 is 1.18 bits per heavy atom. The Morgan fingerprint density at radius 3 is 2.82 bits per heavy atom. The molecule has 2 unspecified atom stereocenters. The number of carbonyl (C=O) groups excluding carboxylic acids is 1. The SMILES string of the molecule is Cc1ccccc1NC(=O)CSC(=S)N1CC2CC(C1)c1cccc(=O)n1C2. The van der Waals surface area contributed by atoms with Gasteiger partial charge in [-0.2, -0.15) is 0 Å². The van der Waals surface area contributed by atoms with Crippen molar-refractivity contribution in [2.45, 2.75) is 25.8 Å². The van der Waals surface area contributed by atoms with Gasteiger partial charge in [-0.3, -0.25) is 9.59 Å². The van der Waals surface area contributed by atoms with Crippen molar-refractivity contribution in [3.8, 4) is 0 Å². The molecule has 5 nitrogen and oxygen atoms in total. The van der Waals surface area contributed by atoms with Crippen molar-refractivity contribution in [3.63, 3.8) is 0 Å².